The van der Waals surface area contributed by atoms with Crippen LogP contribution in [0.5, 0.6) is 5.75 Å². The lowest BCUT2D eigenvalue weighted by Gasteiger charge is -2.19. The normalized spacial score (nSPS) is 14.0. The van der Waals surface area contributed by atoms with Crippen molar-refractivity contribution >= 4 is 23.3 Å². The minimum Gasteiger partial charge on any atom is -0.482 e. The molecule has 1 unspecified atom stereocenters. The van der Waals surface area contributed by atoms with E-state index in [0.717, 1.165) is 11.3 Å². The van der Waals surface area contributed by atoms with Gasteiger partial charge in [-0.25, -0.2) is 4.79 Å². The number of amides is 1. The third-order valence-corrected chi connectivity index (χ3v) is 5.39. The van der Waals surface area contributed by atoms with Crippen molar-refractivity contribution < 1.29 is 23.9 Å². The first kappa shape index (κ1) is 22.5. The highest BCUT2D eigenvalue weighted by Gasteiger charge is 2.25. The van der Waals surface area contributed by atoms with E-state index in [-0.39, 0.29) is 23.7 Å². The van der Waals surface area contributed by atoms with E-state index in [1.54, 1.807) is 30.0 Å². The highest BCUT2D eigenvalue weighted by Crippen LogP contribution is 2.29. The van der Waals surface area contributed by atoms with Crippen LogP contribution in [0.15, 0.2) is 42.5 Å². The fraction of sp³-hybridized carbons (Fsp3) is 0.400. The lowest BCUT2D eigenvalue weighted by atomic mass is 9.87. The van der Waals surface area contributed by atoms with Crippen LogP contribution in [0.3, 0.4) is 0 Å². The van der Waals surface area contributed by atoms with Crippen LogP contribution < -0.4 is 9.64 Å². The lowest BCUT2D eigenvalue weighted by molar-refractivity contribution is -0.148. The number of carbonyl (C=O) groups is 3. The van der Waals surface area contributed by atoms with Crippen LogP contribution in [0.4, 0.5) is 5.69 Å². The minimum absolute atomic E-state index is 0.0202. The first-order chi connectivity index (χ1) is 14.6. The topological polar surface area (TPSA) is 72.9 Å². The van der Waals surface area contributed by atoms with Gasteiger partial charge in [-0.15, -0.1) is 0 Å². The molecular formula is C25H29NO5. The van der Waals surface area contributed by atoms with Crippen LogP contribution in [0.25, 0.3) is 0 Å². The van der Waals surface area contributed by atoms with Crippen LogP contribution in [0, 0.1) is 0 Å². The van der Waals surface area contributed by atoms with E-state index in [0.29, 0.717) is 24.3 Å². The summed E-state index contributed by atoms with van der Waals surface area (Å²) in [6.07, 6.45) is -0.228. The maximum atomic E-state index is 12.7. The molecule has 2 aromatic rings. The SMILES string of the molecule is CC(=O)N1CCc2cc(C(=O)C(C)OC(=O)COc3ccc(C(C)(C)C)cc3)ccc21. The van der Waals surface area contributed by atoms with E-state index in [1.807, 2.05) is 24.3 Å². The molecule has 31 heavy (non-hydrogen) atoms. The number of carbonyl (C=O) groups excluding carboxylic acids is 3. The van der Waals surface area contributed by atoms with Crippen LogP contribution in [0.1, 0.15) is 56.1 Å². The summed E-state index contributed by atoms with van der Waals surface area (Å²) < 4.78 is 10.8. The van der Waals surface area contributed by atoms with Crippen molar-refractivity contribution in [3.63, 3.8) is 0 Å². The van der Waals surface area contributed by atoms with Crippen LogP contribution >= 0.6 is 0 Å². The zero-order chi connectivity index (χ0) is 22.8. The molecule has 6 heteroatoms. The van der Waals surface area contributed by atoms with Gasteiger partial charge in [-0.05, 0) is 60.2 Å². The molecule has 0 radical (unpaired) electrons. The molecular weight excluding hydrogens is 394 g/mol. The van der Waals surface area contributed by atoms with E-state index >= 15 is 0 Å². The Kier molecular flexibility index (Phi) is 6.48. The highest BCUT2D eigenvalue weighted by molar-refractivity contribution is 6.01. The number of ether oxygens (including phenoxy) is 2. The Hall–Kier alpha value is -3.15. The predicted octanol–water partition coefficient (Wildman–Crippen LogP) is 4.09. The van der Waals surface area contributed by atoms with E-state index in [2.05, 4.69) is 20.8 Å². The molecule has 1 atom stereocenters. The fourth-order valence-electron chi connectivity index (χ4n) is 3.59. The number of benzene rings is 2. The molecule has 1 aliphatic heterocycles. The molecule has 1 amide bonds. The number of ketones is 1. The standard InChI is InChI=1S/C25H29NO5/c1-16(24(29)19-6-11-22-18(14-19)12-13-26(22)17(2)27)31-23(28)15-30-21-9-7-20(8-10-21)25(3,4)5/h6-11,14,16H,12-13,15H2,1-5H3. The zero-order valence-corrected chi connectivity index (χ0v) is 18.7. The monoisotopic (exact) mass is 423 g/mol. The molecule has 0 bridgehead atoms. The lowest BCUT2D eigenvalue weighted by Crippen LogP contribution is -2.27. The summed E-state index contributed by atoms with van der Waals surface area (Å²) in [5.41, 5.74) is 3.45. The van der Waals surface area contributed by atoms with Crippen molar-refractivity contribution in [3.05, 3.63) is 59.2 Å². The van der Waals surface area contributed by atoms with Crippen molar-refractivity contribution in [2.24, 2.45) is 0 Å². The molecule has 0 N–H and O–H groups in total. The average Bonchev–Trinajstić information content (AvgIpc) is 3.15. The third-order valence-electron chi connectivity index (χ3n) is 5.39. The number of nitrogens with zero attached hydrogens (tertiary/aromatic N) is 1. The first-order valence-electron chi connectivity index (χ1n) is 10.4. The average molecular weight is 424 g/mol. The van der Waals surface area contributed by atoms with Gasteiger partial charge >= 0.3 is 5.97 Å². The second-order valence-electron chi connectivity index (χ2n) is 8.82. The van der Waals surface area contributed by atoms with Gasteiger partial charge in [-0.2, -0.15) is 0 Å². The predicted molar refractivity (Wildman–Crippen MR) is 119 cm³/mol. The summed E-state index contributed by atoms with van der Waals surface area (Å²) in [6.45, 7) is 9.78. The van der Waals surface area contributed by atoms with Crippen LogP contribution in [0.2, 0.25) is 0 Å². The molecule has 1 heterocycles. The van der Waals surface area contributed by atoms with Crippen LogP contribution in [-0.4, -0.2) is 36.9 Å². The van der Waals surface area contributed by atoms with Gasteiger partial charge in [0.25, 0.3) is 0 Å². The Morgan fingerprint density at radius 2 is 1.74 bits per heavy atom. The summed E-state index contributed by atoms with van der Waals surface area (Å²) in [5, 5.41) is 0. The van der Waals surface area contributed by atoms with E-state index in [9.17, 15) is 14.4 Å². The number of hydrogen-bond acceptors (Lipinski definition) is 5. The van der Waals surface area contributed by atoms with Crippen LogP contribution in [-0.2, 0) is 26.2 Å². The summed E-state index contributed by atoms with van der Waals surface area (Å²) in [6, 6.07) is 12.8. The Balaban J connectivity index is 1.55. The molecule has 2 aromatic carbocycles. The van der Waals surface area contributed by atoms with Crippen molar-refractivity contribution in [2.75, 3.05) is 18.1 Å². The Labute approximate surface area is 183 Å². The summed E-state index contributed by atoms with van der Waals surface area (Å²) in [7, 11) is 0. The fourth-order valence-corrected chi connectivity index (χ4v) is 3.59. The number of rotatable bonds is 6. The van der Waals surface area contributed by atoms with Gasteiger partial charge in [0.1, 0.15) is 5.75 Å². The van der Waals surface area contributed by atoms with Gasteiger partial charge in [-0.1, -0.05) is 32.9 Å². The summed E-state index contributed by atoms with van der Waals surface area (Å²) in [4.78, 5) is 38.2. The quantitative estimate of drug-likeness (QED) is 0.517. The molecule has 0 saturated carbocycles. The van der Waals surface area contributed by atoms with Gasteiger partial charge in [0.15, 0.2) is 12.7 Å². The maximum absolute atomic E-state index is 12.7. The molecule has 164 valence electrons. The van der Waals surface area contributed by atoms with Gasteiger partial charge < -0.3 is 14.4 Å². The largest absolute Gasteiger partial charge is 0.482 e. The van der Waals surface area contributed by atoms with Crippen molar-refractivity contribution in [2.45, 2.75) is 52.6 Å². The molecule has 0 aromatic heterocycles. The Morgan fingerprint density at radius 3 is 2.35 bits per heavy atom. The number of anilines is 1. The second kappa shape index (κ2) is 8.92. The van der Waals surface area contributed by atoms with Crippen molar-refractivity contribution in [1.29, 1.82) is 0 Å². The molecule has 0 spiro atoms. The third kappa shape index (κ3) is 5.32. The second-order valence-corrected chi connectivity index (χ2v) is 8.82. The van der Waals surface area contributed by atoms with Crippen molar-refractivity contribution in [3.8, 4) is 5.75 Å². The number of hydrogen-bond donors (Lipinski definition) is 0. The molecule has 6 nitrogen and oxygen atoms in total. The number of Topliss-reactive ketones (excluding diaryl/α,β-unsaturated/α-hetero) is 1. The molecule has 1 aliphatic rings. The smallest absolute Gasteiger partial charge is 0.344 e. The van der Waals surface area contributed by atoms with E-state index in [4.69, 9.17) is 9.47 Å². The Morgan fingerprint density at radius 1 is 1.06 bits per heavy atom. The van der Waals surface area contributed by atoms with Gasteiger partial charge in [0.2, 0.25) is 11.7 Å². The molecule has 0 fully saturated rings. The molecule has 0 saturated heterocycles. The summed E-state index contributed by atoms with van der Waals surface area (Å²) in [5.74, 6) is -0.345. The zero-order valence-electron chi connectivity index (χ0n) is 18.7. The van der Waals surface area contributed by atoms with Gasteiger partial charge in [-0.3, -0.25) is 9.59 Å². The molecule has 0 aliphatic carbocycles. The molecule has 3 rings (SSSR count). The minimum atomic E-state index is -0.928. The van der Waals surface area contributed by atoms with Gasteiger partial charge in [0.05, 0.1) is 0 Å². The number of esters is 1. The van der Waals surface area contributed by atoms with E-state index in [1.165, 1.54) is 12.5 Å². The first-order valence-corrected chi connectivity index (χ1v) is 10.4. The van der Waals surface area contributed by atoms with E-state index < -0.39 is 12.1 Å². The van der Waals surface area contributed by atoms with Gasteiger partial charge in [0, 0.05) is 24.7 Å². The maximum Gasteiger partial charge on any atom is 0.344 e. The highest BCUT2D eigenvalue weighted by atomic mass is 16.6. The van der Waals surface area contributed by atoms with Crippen molar-refractivity contribution in [1.82, 2.24) is 0 Å². The number of fused-ring (bicyclic) bond motifs is 1. The summed E-state index contributed by atoms with van der Waals surface area (Å²) >= 11 is 0. The Bertz CT molecular complexity index is 988.